The molecule has 3 atom stereocenters. The van der Waals surface area contributed by atoms with Crippen molar-refractivity contribution in [1.82, 2.24) is 0 Å². The van der Waals surface area contributed by atoms with Crippen LogP contribution in [0.3, 0.4) is 0 Å². The van der Waals surface area contributed by atoms with Gasteiger partial charge in [0, 0.05) is 6.00 Å². The summed E-state index contributed by atoms with van der Waals surface area (Å²) >= 11 is 0. The number of hydrogen-bond acceptors (Lipinski definition) is 5. The van der Waals surface area contributed by atoms with Crippen LogP contribution >= 0.6 is 7.82 Å². The predicted octanol–water partition coefficient (Wildman–Crippen LogP) is 3.12. The van der Waals surface area contributed by atoms with E-state index < -0.39 is 7.82 Å². The Hall–Kier alpha value is 0.0949. The highest BCUT2D eigenvalue weighted by Crippen LogP contribution is 2.44. The number of hydrogen-bond donors (Lipinski definition) is 2. The summed E-state index contributed by atoms with van der Waals surface area (Å²) in [7, 11) is -1.94. The molecule has 1 unspecified atom stereocenters. The van der Waals surface area contributed by atoms with Crippen molar-refractivity contribution in [3.63, 3.8) is 0 Å². The van der Waals surface area contributed by atoms with Crippen LogP contribution in [0.25, 0.3) is 0 Å². The molecule has 0 aliphatic carbocycles. The van der Waals surface area contributed by atoms with E-state index in [1.807, 2.05) is 7.85 Å². The Bertz CT molecular complexity index is 375. The first-order valence-electron chi connectivity index (χ1n) is 10.0. The summed E-state index contributed by atoms with van der Waals surface area (Å²) in [6.07, 6.45) is 13.5. The standard InChI is InChI=1S/C17H37BNO5P/c18-17-12-11-16(24-17)15-23-25(20,21)22-14-10-8-6-4-2-1-3-5-7-9-13-19/h16-17H,1-15,18-19H2,(H,20,21)/t16-,17+/m0/s1. The van der Waals surface area contributed by atoms with Gasteiger partial charge in [0.25, 0.3) is 0 Å². The highest BCUT2D eigenvalue weighted by atomic mass is 31.2. The Labute approximate surface area is 154 Å². The molecular formula is C17H37BNO5P. The van der Waals surface area contributed by atoms with Gasteiger partial charge in [0.05, 0.1) is 19.3 Å². The van der Waals surface area contributed by atoms with Crippen LogP contribution in [-0.4, -0.2) is 44.6 Å². The summed E-state index contributed by atoms with van der Waals surface area (Å²) in [5.74, 6) is 0. The van der Waals surface area contributed by atoms with Gasteiger partial charge in [0.1, 0.15) is 7.85 Å². The second kappa shape index (κ2) is 14.2. The van der Waals surface area contributed by atoms with Crippen molar-refractivity contribution in [2.24, 2.45) is 5.73 Å². The molecule has 0 radical (unpaired) electrons. The van der Waals surface area contributed by atoms with Gasteiger partial charge in [-0.15, -0.1) is 0 Å². The summed E-state index contributed by atoms with van der Waals surface area (Å²) in [5.41, 5.74) is 5.47. The van der Waals surface area contributed by atoms with Crippen molar-refractivity contribution in [1.29, 1.82) is 0 Å². The molecule has 1 rings (SSSR count). The molecule has 0 aromatic rings. The Kier molecular flexibility index (Phi) is 13.1. The topological polar surface area (TPSA) is 91.0 Å². The number of unbranched alkanes of at least 4 members (excludes halogenated alkanes) is 9. The molecule has 8 heteroatoms. The van der Waals surface area contributed by atoms with Crippen molar-refractivity contribution < 1.29 is 23.2 Å². The van der Waals surface area contributed by atoms with Crippen LogP contribution in [0.5, 0.6) is 0 Å². The van der Waals surface area contributed by atoms with Crippen molar-refractivity contribution in [2.45, 2.75) is 89.2 Å². The fourth-order valence-corrected chi connectivity index (χ4v) is 3.85. The molecule has 0 amide bonds. The molecule has 0 aromatic heterocycles. The maximum absolute atomic E-state index is 11.8. The average molecular weight is 377 g/mol. The molecule has 1 aliphatic heterocycles. The lowest BCUT2D eigenvalue weighted by molar-refractivity contribution is 0.0350. The molecule has 6 nitrogen and oxygen atoms in total. The molecule has 1 aliphatic rings. The fraction of sp³-hybridized carbons (Fsp3) is 1.00. The van der Waals surface area contributed by atoms with Gasteiger partial charge in [-0.3, -0.25) is 9.05 Å². The second-order valence-corrected chi connectivity index (χ2v) is 8.52. The van der Waals surface area contributed by atoms with E-state index in [0.717, 1.165) is 45.1 Å². The zero-order valence-corrected chi connectivity index (χ0v) is 16.8. The van der Waals surface area contributed by atoms with Gasteiger partial charge in [0.2, 0.25) is 0 Å². The maximum Gasteiger partial charge on any atom is 0.472 e. The van der Waals surface area contributed by atoms with Crippen molar-refractivity contribution in [3.05, 3.63) is 0 Å². The van der Waals surface area contributed by atoms with E-state index in [2.05, 4.69) is 0 Å². The Balaban J connectivity index is 1.87. The number of nitrogens with two attached hydrogens (primary N) is 1. The highest BCUT2D eigenvalue weighted by molar-refractivity contribution is 7.47. The van der Waals surface area contributed by atoms with Crippen LogP contribution in [0.15, 0.2) is 0 Å². The van der Waals surface area contributed by atoms with E-state index in [1.54, 1.807) is 0 Å². The van der Waals surface area contributed by atoms with Gasteiger partial charge in [-0.2, -0.15) is 0 Å². The number of ether oxygens (including phenoxy) is 1. The van der Waals surface area contributed by atoms with Gasteiger partial charge in [0.15, 0.2) is 0 Å². The van der Waals surface area contributed by atoms with Crippen LogP contribution in [0.2, 0.25) is 0 Å². The monoisotopic (exact) mass is 377 g/mol. The number of phosphoric acid groups is 1. The highest BCUT2D eigenvalue weighted by Gasteiger charge is 2.27. The Morgan fingerprint density at radius 3 is 2.04 bits per heavy atom. The molecule has 0 saturated carbocycles. The Morgan fingerprint density at radius 2 is 1.52 bits per heavy atom. The van der Waals surface area contributed by atoms with Crippen LogP contribution < -0.4 is 5.73 Å². The Morgan fingerprint density at radius 1 is 0.960 bits per heavy atom. The number of rotatable bonds is 16. The lowest BCUT2D eigenvalue weighted by atomic mass is 9.97. The van der Waals surface area contributed by atoms with E-state index in [-0.39, 0.29) is 25.3 Å². The minimum absolute atomic E-state index is 0.0885. The molecule has 1 fully saturated rings. The van der Waals surface area contributed by atoms with Crippen LogP contribution in [0.4, 0.5) is 0 Å². The van der Waals surface area contributed by atoms with E-state index in [4.69, 9.17) is 19.5 Å². The van der Waals surface area contributed by atoms with E-state index in [1.165, 1.54) is 38.5 Å². The van der Waals surface area contributed by atoms with Crippen LogP contribution in [0, 0.1) is 0 Å². The molecule has 148 valence electrons. The summed E-state index contributed by atoms with van der Waals surface area (Å²) in [6, 6.07) is 0.207. The van der Waals surface area contributed by atoms with Gasteiger partial charge in [-0.05, 0) is 32.2 Å². The molecular weight excluding hydrogens is 340 g/mol. The van der Waals surface area contributed by atoms with Crippen molar-refractivity contribution in [3.8, 4) is 0 Å². The van der Waals surface area contributed by atoms with Gasteiger partial charge in [-0.1, -0.05) is 51.4 Å². The minimum Gasteiger partial charge on any atom is -0.382 e. The summed E-state index contributed by atoms with van der Waals surface area (Å²) in [4.78, 5) is 9.65. The maximum atomic E-state index is 11.8. The van der Waals surface area contributed by atoms with E-state index in [0.29, 0.717) is 0 Å². The average Bonchev–Trinajstić information content (AvgIpc) is 3.00. The fourth-order valence-electron chi connectivity index (χ4n) is 3.06. The zero-order chi connectivity index (χ0) is 18.4. The molecule has 0 bridgehead atoms. The molecule has 0 aromatic carbocycles. The lowest BCUT2D eigenvalue weighted by Gasteiger charge is -2.15. The third-order valence-corrected chi connectivity index (χ3v) is 5.58. The molecule has 0 spiro atoms. The summed E-state index contributed by atoms with van der Waals surface area (Å²) in [6.45, 7) is 1.21. The van der Waals surface area contributed by atoms with E-state index in [9.17, 15) is 9.46 Å². The second-order valence-electron chi connectivity index (χ2n) is 7.07. The molecule has 1 saturated heterocycles. The normalized spacial score (nSPS) is 23.0. The van der Waals surface area contributed by atoms with Crippen molar-refractivity contribution >= 4 is 15.7 Å². The predicted molar refractivity (Wildman–Crippen MR) is 103 cm³/mol. The molecule has 25 heavy (non-hydrogen) atoms. The molecule has 1 heterocycles. The van der Waals surface area contributed by atoms with Crippen molar-refractivity contribution in [2.75, 3.05) is 19.8 Å². The first-order chi connectivity index (χ1) is 12.0. The summed E-state index contributed by atoms with van der Waals surface area (Å²) < 4.78 is 27.4. The van der Waals surface area contributed by atoms with Crippen LogP contribution in [0.1, 0.15) is 77.0 Å². The lowest BCUT2D eigenvalue weighted by Crippen LogP contribution is -2.16. The largest absolute Gasteiger partial charge is 0.472 e. The third-order valence-electron chi connectivity index (χ3n) is 4.60. The van der Waals surface area contributed by atoms with Gasteiger partial charge in [-0.25, -0.2) is 4.57 Å². The minimum atomic E-state index is -3.93. The number of phosphoric ester groups is 1. The van der Waals surface area contributed by atoms with Crippen LogP contribution in [-0.2, 0) is 18.3 Å². The molecule has 3 N–H and O–H groups in total. The smallest absolute Gasteiger partial charge is 0.382 e. The summed E-state index contributed by atoms with van der Waals surface area (Å²) in [5, 5.41) is 0. The SMILES string of the molecule is B[C@H]1CC[C@@H](COP(=O)(O)OCCCCCCCCCCCCN)O1. The van der Waals surface area contributed by atoms with E-state index >= 15 is 0 Å². The van der Waals surface area contributed by atoms with Gasteiger partial charge < -0.3 is 15.4 Å². The quantitative estimate of drug-likeness (QED) is 0.244. The zero-order valence-electron chi connectivity index (χ0n) is 15.9. The first-order valence-corrected chi connectivity index (χ1v) is 11.5. The van der Waals surface area contributed by atoms with Gasteiger partial charge >= 0.3 is 7.82 Å². The first kappa shape index (κ1) is 23.1. The third kappa shape index (κ3) is 13.0.